The molecule has 8 heteroatoms. The topological polar surface area (TPSA) is 82.2 Å². The molecule has 0 bridgehead atoms. The quantitative estimate of drug-likeness (QED) is 0.656. The number of aryl methyl sites for hydroxylation is 2. The molecule has 34 heavy (non-hydrogen) atoms. The van der Waals surface area contributed by atoms with Crippen LogP contribution in [0.4, 0.5) is 10.5 Å². The number of nitrogens with zero attached hydrogens (tertiary/aromatic N) is 3. The number of carbonyl (C=O) groups is 3. The number of ether oxygens (including phenoxy) is 1. The highest BCUT2D eigenvalue weighted by Gasteiger charge is 2.31. The monoisotopic (exact) mass is 472 g/mol. The number of para-hydroxylation sites is 1. The summed E-state index contributed by atoms with van der Waals surface area (Å²) in [5, 5.41) is 3.06. The van der Waals surface area contributed by atoms with Gasteiger partial charge in [0.05, 0.1) is 6.54 Å². The molecule has 2 fully saturated rings. The van der Waals surface area contributed by atoms with Gasteiger partial charge in [-0.3, -0.25) is 14.5 Å². The lowest BCUT2D eigenvalue weighted by molar-refractivity contribution is -0.131. The molecule has 0 aromatic heterocycles. The lowest BCUT2D eigenvalue weighted by Crippen LogP contribution is -2.41. The Morgan fingerprint density at radius 3 is 2.26 bits per heavy atom. The second kappa shape index (κ2) is 11.2. The summed E-state index contributed by atoms with van der Waals surface area (Å²) in [6, 6.07) is 6.34. The second-order valence-corrected chi connectivity index (χ2v) is 10.5. The summed E-state index contributed by atoms with van der Waals surface area (Å²) in [4.78, 5) is 43.7. The van der Waals surface area contributed by atoms with E-state index in [1.54, 1.807) is 4.90 Å². The standard InChI is InChI=1S/C26H40N4O4/c1-19-8-6-9-20(2)24(19)27-22(31)18-30(21-10-11-21)15-12-23(32)28-13-7-14-29(17-16-28)25(33)34-26(3,4)5/h6,8-9,21H,7,10-18H2,1-5H3,(H,27,31). The second-order valence-electron chi connectivity index (χ2n) is 10.5. The van der Waals surface area contributed by atoms with Gasteiger partial charge >= 0.3 is 6.09 Å². The van der Waals surface area contributed by atoms with Crippen molar-refractivity contribution in [3.8, 4) is 0 Å². The summed E-state index contributed by atoms with van der Waals surface area (Å²) in [6.45, 7) is 12.6. The maximum absolute atomic E-state index is 12.9. The zero-order chi connectivity index (χ0) is 24.9. The fourth-order valence-electron chi connectivity index (χ4n) is 4.28. The van der Waals surface area contributed by atoms with Crippen LogP contribution in [0.1, 0.15) is 57.6 Å². The van der Waals surface area contributed by atoms with Gasteiger partial charge in [0.25, 0.3) is 0 Å². The molecule has 1 heterocycles. The van der Waals surface area contributed by atoms with Gasteiger partial charge in [-0.15, -0.1) is 0 Å². The minimum atomic E-state index is -0.532. The lowest BCUT2D eigenvalue weighted by Gasteiger charge is -2.27. The predicted molar refractivity (Wildman–Crippen MR) is 133 cm³/mol. The van der Waals surface area contributed by atoms with Crippen LogP contribution in [0.25, 0.3) is 0 Å². The van der Waals surface area contributed by atoms with Crippen molar-refractivity contribution in [2.24, 2.45) is 0 Å². The number of nitrogens with one attached hydrogen (secondary N) is 1. The first-order valence-electron chi connectivity index (χ1n) is 12.4. The van der Waals surface area contributed by atoms with Gasteiger partial charge in [-0.1, -0.05) is 18.2 Å². The van der Waals surface area contributed by atoms with Gasteiger partial charge in [0.15, 0.2) is 0 Å². The third-order valence-corrected chi connectivity index (χ3v) is 6.27. The van der Waals surface area contributed by atoms with E-state index in [1.165, 1.54) is 0 Å². The zero-order valence-electron chi connectivity index (χ0n) is 21.4. The summed E-state index contributed by atoms with van der Waals surface area (Å²) in [5.74, 6) is 0.0337. The van der Waals surface area contributed by atoms with Gasteiger partial charge in [0.1, 0.15) is 5.60 Å². The molecule has 3 amide bonds. The Morgan fingerprint density at radius 1 is 1.03 bits per heavy atom. The highest BCUT2D eigenvalue weighted by atomic mass is 16.6. The molecule has 1 saturated carbocycles. The zero-order valence-corrected chi connectivity index (χ0v) is 21.4. The normalized spacial score (nSPS) is 16.9. The molecule has 8 nitrogen and oxygen atoms in total. The maximum atomic E-state index is 12.9. The van der Waals surface area contributed by atoms with Gasteiger partial charge in [-0.2, -0.15) is 0 Å². The Bertz CT molecular complexity index is 871. The van der Waals surface area contributed by atoms with E-state index < -0.39 is 5.60 Å². The largest absolute Gasteiger partial charge is 0.444 e. The van der Waals surface area contributed by atoms with Gasteiger partial charge in [0.2, 0.25) is 11.8 Å². The summed E-state index contributed by atoms with van der Waals surface area (Å²) < 4.78 is 5.47. The Hall–Kier alpha value is -2.61. The summed E-state index contributed by atoms with van der Waals surface area (Å²) >= 11 is 0. The molecule has 1 aromatic carbocycles. The summed E-state index contributed by atoms with van der Waals surface area (Å²) in [5.41, 5.74) is 2.43. The van der Waals surface area contributed by atoms with Crippen molar-refractivity contribution in [1.82, 2.24) is 14.7 Å². The molecule has 1 aliphatic carbocycles. The van der Waals surface area contributed by atoms with E-state index in [-0.39, 0.29) is 24.5 Å². The first-order valence-corrected chi connectivity index (χ1v) is 12.4. The molecule has 1 aliphatic heterocycles. The van der Waals surface area contributed by atoms with E-state index in [0.717, 1.165) is 36.1 Å². The van der Waals surface area contributed by atoms with Crippen LogP contribution < -0.4 is 5.32 Å². The van der Waals surface area contributed by atoms with Crippen LogP contribution in [0.5, 0.6) is 0 Å². The molecular formula is C26H40N4O4. The van der Waals surface area contributed by atoms with Crippen LogP contribution in [-0.2, 0) is 14.3 Å². The van der Waals surface area contributed by atoms with Crippen LogP contribution in [-0.4, -0.2) is 83.5 Å². The molecule has 1 N–H and O–H groups in total. The lowest BCUT2D eigenvalue weighted by atomic mass is 10.1. The average molecular weight is 473 g/mol. The molecule has 0 spiro atoms. The minimum absolute atomic E-state index is 0.0421. The van der Waals surface area contributed by atoms with Crippen LogP contribution in [0.3, 0.4) is 0 Å². The van der Waals surface area contributed by atoms with E-state index in [9.17, 15) is 14.4 Å². The van der Waals surface area contributed by atoms with Crippen LogP contribution in [0, 0.1) is 13.8 Å². The molecule has 3 rings (SSSR count). The van der Waals surface area contributed by atoms with Crippen molar-refractivity contribution >= 4 is 23.6 Å². The number of amides is 3. The van der Waals surface area contributed by atoms with E-state index >= 15 is 0 Å². The number of hydrogen-bond acceptors (Lipinski definition) is 5. The Kier molecular flexibility index (Phi) is 8.57. The predicted octanol–water partition coefficient (Wildman–Crippen LogP) is 3.57. The van der Waals surface area contributed by atoms with Crippen molar-refractivity contribution < 1.29 is 19.1 Å². The molecule has 2 aliphatic rings. The average Bonchev–Trinajstić information content (AvgIpc) is 3.59. The van der Waals surface area contributed by atoms with E-state index in [0.29, 0.717) is 45.2 Å². The summed E-state index contributed by atoms with van der Waals surface area (Å²) in [7, 11) is 0. The molecule has 0 atom stereocenters. The van der Waals surface area contributed by atoms with Crippen molar-refractivity contribution in [3.05, 3.63) is 29.3 Å². The van der Waals surface area contributed by atoms with Crippen molar-refractivity contribution in [3.63, 3.8) is 0 Å². The molecule has 1 saturated heterocycles. The minimum Gasteiger partial charge on any atom is -0.444 e. The van der Waals surface area contributed by atoms with Crippen LogP contribution in [0.15, 0.2) is 18.2 Å². The van der Waals surface area contributed by atoms with E-state index in [4.69, 9.17) is 4.74 Å². The molecule has 188 valence electrons. The summed E-state index contributed by atoms with van der Waals surface area (Å²) in [6.07, 6.45) is 2.92. The van der Waals surface area contributed by atoms with Crippen LogP contribution in [0.2, 0.25) is 0 Å². The molecule has 0 radical (unpaired) electrons. The van der Waals surface area contributed by atoms with Crippen molar-refractivity contribution in [2.75, 3.05) is 44.6 Å². The Morgan fingerprint density at radius 2 is 1.65 bits per heavy atom. The first-order chi connectivity index (χ1) is 16.0. The van der Waals surface area contributed by atoms with Gasteiger partial charge in [-0.05, 0) is 65.0 Å². The molecule has 1 aromatic rings. The number of benzene rings is 1. The number of anilines is 1. The third-order valence-electron chi connectivity index (χ3n) is 6.27. The molecule has 0 unspecified atom stereocenters. The van der Waals surface area contributed by atoms with E-state index in [2.05, 4.69) is 10.2 Å². The van der Waals surface area contributed by atoms with Crippen molar-refractivity contribution in [2.45, 2.75) is 71.9 Å². The van der Waals surface area contributed by atoms with Gasteiger partial charge in [-0.25, -0.2) is 4.79 Å². The third kappa shape index (κ3) is 7.72. The highest BCUT2D eigenvalue weighted by molar-refractivity contribution is 5.93. The Balaban J connectivity index is 1.48. The first kappa shape index (κ1) is 26.0. The maximum Gasteiger partial charge on any atom is 0.410 e. The SMILES string of the molecule is Cc1cccc(C)c1NC(=O)CN(CCC(=O)N1CCCN(C(=O)OC(C)(C)C)CC1)C1CC1. The van der Waals surface area contributed by atoms with Gasteiger partial charge in [0, 0.05) is 50.9 Å². The van der Waals surface area contributed by atoms with Crippen LogP contribution >= 0.6 is 0 Å². The fourth-order valence-corrected chi connectivity index (χ4v) is 4.28. The smallest absolute Gasteiger partial charge is 0.410 e. The van der Waals surface area contributed by atoms with E-state index in [1.807, 2.05) is 57.7 Å². The number of hydrogen-bond donors (Lipinski definition) is 1. The molecular weight excluding hydrogens is 432 g/mol. The Labute approximate surface area is 203 Å². The number of carbonyl (C=O) groups excluding carboxylic acids is 3. The van der Waals surface area contributed by atoms with Gasteiger partial charge < -0.3 is 19.9 Å². The van der Waals surface area contributed by atoms with Crippen molar-refractivity contribution in [1.29, 1.82) is 0 Å². The highest BCUT2D eigenvalue weighted by Crippen LogP contribution is 2.27. The number of rotatable bonds is 7. The fraction of sp³-hybridized carbons (Fsp3) is 0.654.